The van der Waals surface area contributed by atoms with Crippen molar-refractivity contribution in [3.05, 3.63) is 28.8 Å². The molecule has 112 valence electrons. The number of hydrogen-bond acceptors (Lipinski definition) is 4. The van der Waals surface area contributed by atoms with Crippen molar-refractivity contribution in [2.24, 2.45) is 5.14 Å². The average molecular weight is 321 g/mol. The first-order valence-electron chi connectivity index (χ1n) is 5.97. The number of nitrogens with one attached hydrogen (secondary N) is 1. The van der Waals surface area contributed by atoms with Crippen molar-refractivity contribution in [2.75, 3.05) is 13.2 Å². The maximum Gasteiger partial charge on any atom is 0.252 e. The fourth-order valence-electron chi connectivity index (χ4n) is 1.53. The summed E-state index contributed by atoms with van der Waals surface area (Å²) in [6, 6.07) is 3.72. The summed E-state index contributed by atoms with van der Waals surface area (Å²) >= 11 is 5.89. The Kier molecular flexibility index (Phi) is 5.94. The van der Waals surface area contributed by atoms with Crippen molar-refractivity contribution < 1.29 is 17.9 Å². The van der Waals surface area contributed by atoms with Crippen molar-refractivity contribution in [1.82, 2.24) is 5.32 Å². The molecule has 0 aromatic heterocycles. The van der Waals surface area contributed by atoms with Crippen LogP contribution in [-0.2, 0) is 14.8 Å². The molecule has 1 atom stereocenters. The van der Waals surface area contributed by atoms with Crippen LogP contribution in [0.4, 0.5) is 0 Å². The lowest BCUT2D eigenvalue weighted by atomic mass is 10.2. The molecule has 1 amide bonds. The standard InChI is InChI=1S/C12H17ClN2O4S/c1-3-19-8(2)7-15-12(16)10-6-9(20(14,17)18)4-5-11(10)13/h4-6,8H,3,7H2,1-2H3,(H,15,16)(H2,14,17,18). The number of halogens is 1. The van der Waals surface area contributed by atoms with Gasteiger partial charge in [0.2, 0.25) is 10.0 Å². The van der Waals surface area contributed by atoms with E-state index in [1.807, 2.05) is 13.8 Å². The third-order valence-corrected chi connectivity index (χ3v) is 3.75. The van der Waals surface area contributed by atoms with Gasteiger partial charge in [0, 0.05) is 13.2 Å². The molecule has 0 saturated heterocycles. The predicted molar refractivity (Wildman–Crippen MR) is 76.2 cm³/mol. The average Bonchev–Trinajstić information content (AvgIpc) is 2.35. The number of ether oxygens (including phenoxy) is 1. The van der Waals surface area contributed by atoms with Crippen molar-refractivity contribution in [3.8, 4) is 0 Å². The van der Waals surface area contributed by atoms with Gasteiger partial charge in [-0.05, 0) is 32.0 Å². The van der Waals surface area contributed by atoms with Gasteiger partial charge in [0.25, 0.3) is 5.91 Å². The first-order chi connectivity index (χ1) is 9.25. The summed E-state index contributed by atoms with van der Waals surface area (Å²) in [5.41, 5.74) is 0.0573. The second-order valence-corrected chi connectivity index (χ2v) is 6.13. The highest BCUT2D eigenvalue weighted by Gasteiger charge is 2.16. The minimum atomic E-state index is -3.88. The van der Waals surface area contributed by atoms with Crippen LogP contribution >= 0.6 is 11.6 Å². The molecule has 1 unspecified atom stereocenters. The van der Waals surface area contributed by atoms with Crippen molar-refractivity contribution in [2.45, 2.75) is 24.8 Å². The number of carbonyl (C=O) groups excluding carboxylic acids is 1. The number of benzene rings is 1. The molecule has 0 heterocycles. The van der Waals surface area contributed by atoms with Crippen LogP contribution in [0.15, 0.2) is 23.1 Å². The van der Waals surface area contributed by atoms with Gasteiger partial charge in [-0.25, -0.2) is 13.6 Å². The third-order valence-electron chi connectivity index (χ3n) is 2.51. The van der Waals surface area contributed by atoms with Crippen molar-refractivity contribution >= 4 is 27.5 Å². The molecule has 0 saturated carbocycles. The molecule has 0 fully saturated rings. The van der Waals surface area contributed by atoms with Gasteiger partial charge < -0.3 is 10.1 Å². The van der Waals surface area contributed by atoms with Crippen LogP contribution in [0.3, 0.4) is 0 Å². The van der Waals surface area contributed by atoms with Crippen molar-refractivity contribution in [1.29, 1.82) is 0 Å². The topological polar surface area (TPSA) is 98.5 Å². The number of rotatable bonds is 6. The molecular formula is C12H17ClN2O4S. The monoisotopic (exact) mass is 320 g/mol. The molecular weight excluding hydrogens is 304 g/mol. The number of nitrogens with two attached hydrogens (primary N) is 1. The van der Waals surface area contributed by atoms with E-state index in [2.05, 4.69) is 5.32 Å². The molecule has 0 spiro atoms. The van der Waals surface area contributed by atoms with Crippen LogP contribution in [0.5, 0.6) is 0 Å². The summed E-state index contributed by atoms with van der Waals surface area (Å²) in [6.45, 7) is 4.50. The van der Waals surface area contributed by atoms with Crippen LogP contribution in [0, 0.1) is 0 Å². The first kappa shape index (κ1) is 16.9. The molecule has 6 nitrogen and oxygen atoms in total. The normalized spacial score (nSPS) is 13.0. The smallest absolute Gasteiger partial charge is 0.252 e. The molecule has 8 heteroatoms. The van der Waals surface area contributed by atoms with Gasteiger partial charge in [0.1, 0.15) is 0 Å². The van der Waals surface area contributed by atoms with Gasteiger partial charge >= 0.3 is 0 Å². The van der Waals surface area contributed by atoms with Gasteiger partial charge in [0.05, 0.1) is 21.6 Å². The molecule has 0 aliphatic heterocycles. The zero-order chi connectivity index (χ0) is 15.3. The molecule has 0 radical (unpaired) electrons. The number of hydrogen-bond donors (Lipinski definition) is 2. The molecule has 1 rings (SSSR count). The maximum atomic E-state index is 12.0. The van der Waals surface area contributed by atoms with Crippen LogP contribution in [0.2, 0.25) is 5.02 Å². The molecule has 0 aliphatic carbocycles. The molecule has 1 aromatic carbocycles. The fourth-order valence-corrected chi connectivity index (χ4v) is 2.27. The number of amides is 1. The van der Waals surface area contributed by atoms with Gasteiger partial charge in [-0.3, -0.25) is 4.79 Å². The Bertz CT molecular complexity index is 589. The van der Waals surface area contributed by atoms with Crippen LogP contribution in [0.25, 0.3) is 0 Å². The Balaban J connectivity index is 2.87. The van der Waals surface area contributed by atoms with E-state index in [0.717, 1.165) is 6.07 Å². The maximum absolute atomic E-state index is 12.0. The molecule has 0 aliphatic rings. The third kappa shape index (κ3) is 4.75. The Morgan fingerprint density at radius 1 is 1.50 bits per heavy atom. The predicted octanol–water partition coefficient (Wildman–Crippen LogP) is 1.14. The highest BCUT2D eigenvalue weighted by Crippen LogP contribution is 2.19. The Morgan fingerprint density at radius 2 is 2.15 bits per heavy atom. The quantitative estimate of drug-likeness (QED) is 0.821. The van der Waals surface area contributed by atoms with Gasteiger partial charge in [-0.15, -0.1) is 0 Å². The summed E-state index contributed by atoms with van der Waals surface area (Å²) in [7, 11) is -3.88. The Labute approximate surface area is 123 Å². The first-order valence-corrected chi connectivity index (χ1v) is 7.90. The summed E-state index contributed by atoms with van der Waals surface area (Å²) in [5.74, 6) is -0.480. The van der Waals surface area contributed by atoms with E-state index in [4.69, 9.17) is 21.5 Å². The van der Waals surface area contributed by atoms with Crippen LogP contribution in [-0.4, -0.2) is 33.6 Å². The zero-order valence-electron chi connectivity index (χ0n) is 11.2. The summed E-state index contributed by atoms with van der Waals surface area (Å²) in [5, 5.41) is 7.79. The van der Waals surface area contributed by atoms with E-state index in [-0.39, 0.29) is 21.6 Å². The minimum absolute atomic E-state index is 0.0573. The highest BCUT2D eigenvalue weighted by atomic mass is 35.5. The van der Waals surface area contributed by atoms with E-state index >= 15 is 0 Å². The molecule has 0 bridgehead atoms. The van der Waals surface area contributed by atoms with Gasteiger partial charge in [0.15, 0.2) is 0 Å². The van der Waals surface area contributed by atoms with E-state index in [9.17, 15) is 13.2 Å². The lowest BCUT2D eigenvalue weighted by Gasteiger charge is -2.13. The lowest BCUT2D eigenvalue weighted by Crippen LogP contribution is -2.32. The summed E-state index contributed by atoms with van der Waals surface area (Å²) in [4.78, 5) is 11.8. The highest BCUT2D eigenvalue weighted by molar-refractivity contribution is 7.89. The molecule has 20 heavy (non-hydrogen) atoms. The second-order valence-electron chi connectivity index (χ2n) is 4.16. The lowest BCUT2D eigenvalue weighted by molar-refractivity contribution is 0.0695. The fraction of sp³-hybridized carbons (Fsp3) is 0.417. The minimum Gasteiger partial charge on any atom is -0.377 e. The largest absolute Gasteiger partial charge is 0.377 e. The van der Waals surface area contributed by atoms with E-state index in [0.29, 0.717) is 13.2 Å². The van der Waals surface area contributed by atoms with Gasteiger partial charge in [-0.1, -0.05) is 11.6 Å². The number of sulfonamides is 1. The summed E-state index contributed by atoms with van der Waals surface area (Å²) < 4.78 is 27.8. The Morgan fingerprint density at radius 3 is 2.70 bits per heavy atom. The van der Waals surface area contributed by atoms with Crippen LogP contribution < -0.4 is 10.5 Å². The van der Waals surface area contributed by atoms with Crippen molar-refractivity contribution in [3.63, 3.8) is 0 Å². The van der Waals surface area contributed by atoms with Crippen LogP contribution in [0.1, 0.15) is 24.2 Å². The molecule has 1 aromatic rings. The number of primary sulfonamides is 1. The molecule has 3 N–H and O–H groups in total. The summed E-state index contributed by atoms with van der Waals surface area (Å²) in [6.07, 6.45) is -0.149. The SMILES string of the molecule is CCOC(C)CNC(=O)c1cc(S(N)(=O)=O)ccc1Cl. The van der Waals surface area contributed by atoms with Gasteiger partial charge in [-0.2, -0.15) is 0 Å². The Hall–Kier alpha value is -1.15. The van der Waals surface area contributed by atoms with E-state index < -0.39 is 15.9 Å². The van der Waals surface area contributed by atoms with E-state index in [1.54, 1.807) is 0 Å². The number of carbonyl (C=O) groups is 1. The van der Waals surface area contributed by atoms with E-state index in [1.165, 1.54) is 12.1 Å². The second kappa shape index (κ2) is 7.03. The zero-order valence-corrected chi connectivity index (χ0v) is 12.8.